The Morgan fingerprint density at radius 2 is 1.73 bits per heavy atom. The molecule has 1 N–H and O–H groups in total. The lowest BCUT2D eigenvalue weighted by molar-refractivity contribution is 0.0663. The lowest BCUT2D eigenvalue weighted by atomic mass is 9.86. The molecule has 33 heavy (non-hydrogen) atoms. The van der Waals surface area contributed by atoms with Crippen molar-refractivity contribution in [3.8, 4) is 0 Å². The molecule has 6 nitrogen and oxygen atoms in total. The van der Waals surface area contributed by atoms with E-state index in [9.17, 15) is 9.59 Å². The summed E-state index contributed by atoms with van der Waals surface area (Å²) in [6, 6.07) is 19.8. The van der Waals surface area contributed by atoms with Crippen LogP contribution in [0.15, 0.2) is 66.9 Å². The number of fused-ring (bicyclic) bond motifs is 1. The number of benzene rings is 2. The minimum Gasteiger partial charge on any atom is -0.441 e. The Bertz CT molecular complexity index is 1170. The van der Waals surface area contributed by atoms with Crippen LogP contribution in [0.25, 0.3) is 10.9 Å². The number of cyclic esters (lactones) is 1. The van der Waals surface area contributed by atoms with E-state index in [4.69, 9.17) is 4.74 Å². The molecule has 3 aromatic rings. The zero-order valence-corrected chi connectivity index (χ0v) is 19.0. The van der Waals surface area contributed by atoms with Crippen LogP contribution in [0.3, 0.4) is 0 Å². The SMILES string of the molecule is CC1(C)OC(=O)N([C@H]2CC[C@H](NC(=O)c3cnc4ccccc4c3)CC2)[C@@H]1c1ccccc1. The number of rotatable bonds is 4. The van der Waals surface area contributed by atoms with Crippen LogP contribution in [0.4, 0.5) is 4.79 Å². The molecular formula is C27H29N3O3. The predicted molar refractivity (Wildman–Crippen MR) is 127 cm³/mol. The minimum atomic E-state index is -0.591. The minimum absolute atomic E-state index is 0.0852. The molecule has 2 fully saturated rings. The number of pyridine rings is 1. The van der Waals surface area contributed by atoms with Gasteiger partial charge in [-0.05, 0) is 57.2 Å². The number of aromatic nitrogens is 1. The zero-order chi connectivity index (χ0) is 23.0. The first-order chi connectivity index (χ1) is 15.9. The van der Waals surface area contributed by atoms with Gasteiger partial charge in [-0.3, -0.25) is 14.7 Å². The van der Waals surface area contributed by atoms with Crippen molar-refractivity contribution in [2.24, 2.45) is 0 Å². The monoisotopic (exact) mass is 443 g/mol. The molecule has 0 bridgehead atoms. The Morgan fingerprint density at radius 3 is 2.48 bits per heavy atom. The number of carbonyl (C=O) groups is 2. The second-order valence-electron chi connectivity index (χ2n) is 9.59. The summed E-state index contributed by atoms with van der Waals surface area (Å²) in [6.07, 6.45) is 4.69. The highest BCUT2D eigenvalue weighted by Gasteiger charge is 2.51. The average Bonchev–Trinajstić information content (AvgIpc) is 3.07. The Morgan fingerprint density at radius 1 is 1.03 bits per heavy atom. The van der Waals surface area contributed by atoms with E-state index in [-0.39, 0.29) is 30.1 Å². The molecule has 1 atom stereocenters. The summed E-state index contributed by atoms with van der Waals surface area (Å²) >= 11 is 0. The van der Waals surface area contributed by atoms with Crippen molar-refractivity contribution in [1.29, 1.82) is 0 Å². The van der Waals surface area contributed by atoms with Gasteiger partial charge in [-0.25, -0.2) is 4.79 Å². The summed E-state index contributed by atoms with van der Waals surface area (Å²) in [5.74, 6) is -0.0967. The molecule has 2 amide bonds. The third-order valence-electron chi connectivity index (χ3n) is 6.89. The molecule has 0 radical (unpaired) electrons. The number of carbonyl (C=O) groups excluding carboxylic acids is 2. The van der Waals surface area contributed by atoms with Crippen molar-refractivity contribution in [2.75, 3.05) is 0 Å². The van der Waals surface area contributed by atoms with Gasteiger partial charge in [0.2, 0.25) is 0 Å². The van der Waals surface area contributed by atoms with Crippen molar-refractivity contribution in [1.82, 2.24) is 15.2 Å². The number of nitrogens with zero attached hydrogens (tertiary/aromatic N) is 2. The Balaban J connectivity index is 1.25. The normalized spacial score (nSPS) is 24.5. The van der Waals surface area contributed by atoms with Crippen LogP contribution in [0.5, 0.6) is 0 Å². The van der Waals surface area contributed by atoms with E-state index >= 15 is 0 Å². The molecule has 2 heterocycles. The maximum Gasteiger partial charge on any atom is 0.411 e. The van der Waals surface area contributed by atoms with Crippen molar-refractivity contribution in [3.63, 3.8) is 0 Å². The van der Waals surface area contributed by atoms with Gasteiger partial charge >= 0.3 is 6.09 Å². The number of para-hydroxylation sites is 1. The molecule has 0 unspecified atom stereocenters. The predicted octanol–water partition coefficient (Wildman–Crippen LogP) is 5.25. The molecular weight excluding hydrogens is 414 g/mol. The van der Waals surface area contributed by atoms with E-state index in [1.54, 1.807) is 6.20 Å². The lowest BCUT2D eigenvalue weighted by Crippen LogP contribution is -2.46. The highest BCUT2D eigenvalue weighted by molar-refractivity contribution is 5.97. The summed E-state index contributed by atoms with van der Waals surface area (Å²) in [5.41, 5.74) is 1.95. The molecule has 0 spiro atoms. The first-order valence-electron chi connectivity index (χ1n) is 11.6. The molecule has 1 aliphatic carbocycles. The summed E-state index contributed by atoms with van der Waals surface area (Å²) in [6.45, 7) is 3.96. The molecule has 1 aromatic heterocycles. The molecule has 5 rings (SSSR count). The van der Waals surface area contributed by atoms with Crippen LogP contribution in [0.2, 0.25) is 0 Å². The van der Waals surface area contributed by atoms with Gasteiger partial charge in [0.05, 0.1) is 17.1 Å². The quantitative estimate of drug-likeness (QED) is 0.598. The van der Waals surface area contributed by atoms with Crippen LogP contribution in [-0.2, 0) is 4.74 Å². The first-order valence-corrected chi connectivity index (χ1v) is 11.6. The van der Waals surface area contributed by atoms with Gasteiger partial charge in [-0.15, -0.1) is 0 Å². The van der Waals surface area contributed by atoms with E-state index in [0.717, 1.165) is 42.1 Å². The van der Waals surface area contributed by atoms with Crippen LogP contribution in [-0.4, -0.2) is 39.6 Å². The van der Waals surface area contributed by atoms with E-state index in [1.165, 1.54) is 0 Å². The number of hydrogen-bond acceptors (Lipinski definition) is 4. The van der Waals surface area contributed by atoms with Crippen LogP contribution in [0, 0.1) is 0 Å². The number of ether oxygens (including phenoxy) is 1. The van der Waals surface area contributed by atoms with E-state index in [2.05, 4.69) is 22.4 Å². The second-order valence-corrected chi connectivity index (χ2v) is 9.59. The van der Waals surface area contributed by atoms with E-state index in [1.807, 2.05) is 67.3 Å². The van der Waals surface area contributed by atoms with Gasteiger partial charge in [0.25, 0.3) is 5.91 Å². The highest BCUT2D eigenvalue weighted by Crippen LogP contribution is 2.44. The van der Waals surface area contributed by atoms with Gasteiger partial charge in [-0.2, -0.15) is 0 Å². The van der Waals surface area contributed by atoms with Crippen LogP contribution in [0.1, 0.15) is 61.5 Å². The Hall–Kier alpha value is -3.41. The first kappa shape index (κ1) is 21.4. The van der Waals surface area contributed by atoms with E-state index < -0.39 is 5.60 Å². The van der Waals surface area contributed by atoms with Crippen molar-refractivity contribution in [3.05, 3.63) is 78.0 Å². The Kier molecular flexibility index (Phi) is 5.52. The smallest absolute Gasteiger partial charge is 0.411 e. The fourth-order valence-electron chi connectivity index (χ4n) is 5.29. The molecule has 6 heteroatoms. The van der Waals surface area contributed by atoms with Crippen molar-refractivity contribution >= 4 is 22.9 Å². The Labute approximate surface area is 194 Å². The largest absolute Gasteiger partial charge is 0.441 e. The molecule has 170 valence electrons. The highest BCUT2D eigenvalue weighted by atomic mass is 16.6. The summed E-state index contributed by atoms with van der Waals surface area (Å²) in [7, 11) is 0. The number of nitrogens with one attached hydrogen (secondary N) is 1. The average molecular weight is 444 g/mol. The molecule has 2 aliphatic rings. The number of amides is 2. The zero-order valence-electron chi connectivity index (χ0n) is 19.0. The molecule has 1 saturated heterocycles. The third kappa shape index (κ3) is 4.17. The summed E-state index contributed by atoms with van der Waals surface area (Å²) in [5, 5.41) is 4.12. The lowest BCUT2D eigenvalue weighted by Gasteiger charge is -2.38. The van der Waals surface area contributed by atoms with Gasteiger partial charge in [0.15, 0.2) is 0 Å². The van der Waals surface area contributed by atoms with Gasteiger partial charge in [0, 0.05) is 23.7 Å². The van der Waals surface area contributed by atoms with Crippen LogP contribution < -0.4 is 5.32 Å². The fraction of sp³-hybridized carbons (Fsp3) is 0.370. The summed E-state index contributed by atoms with van der Waals surface area (Å²) in [4.78, 5) is 32.0. The summed E-state index contributed by atoms with van der Waals surface area (Å²) < 4.78 is 5.78. The topological polar surface area (TPSA) is 71.5 Å². The van der Waals surface area contributed by atoms with Crippen molar-refractivity contribution in [2.45, 2.75) is 63.3 Å². The molecule has 1 aliphatic heterocycles. The van der Waals surface area contributed by atoms with Gasteiger partial charge in [-0.1, -0.05) is 48.5 Å². The third-order valence-corrected chi connectivity index (χ3v) is 6.89. The van der Waals surface area contributed by atoms with Gasteiger partial charge in [0.1, 0.15) is 5.60 Å². The van der Waals surface area contributed by atoms with E-state index in [0.29, 0.717) is 5.56 Å². The standard InChI is InChI=1S/C27H29N3O3/c1-27(2)24(18-8-4-3-5-9-18)30(26(32)33-27)22-14-12-21(13-15-22)29-25(31)20-16-19-10-6-7-11-23(19)28-17-20/h3-11,16-17,21-22,24H,12-15H2,1-2H3,(H,29,31)/t21-,22-,24-/m1/s1. The van der Waals surface area contributed by atoms with Crippen LogP contribution >= 0.6 is 0 Å². The van der Waals surface area contributed by atoms with Gasteiger partial charge < -0.3 is 10.1 Å². The molecule has 1 saturated carbocycles. The maximum absolute atomic E-state index is 12.9. The number of hydrogen-bond donors (Lipinski definition) is 1. The molecule has 2 aromatic carbocycles. The van der Waals surface area contributed by atoms with Crippen molar-refractivity contribution < 1.29 is 14.3 Å². The fourth-order valence-corrected chi connectivity index (χ4v) is 5.29. The second kappa shape index (κ2) is 8.50. The maximum atomic E-state index is 12.9.